The number of aliphatic hydroxyl groups is 1. The van der Waals surface area contributed by atoms with Crippen molar-refractivity contribution in [1.82, 2.24) is 0 Å². The highest BCUT2D eigenvalue weighted by molar-refractivity contribution is 5.85. The quantitative estimate of drug-likeness (QED) is 0.689. The molecule has 3 aromatic carbocycles. The molecule has 0 aliphatic heterocycles. The number of anilines is 1. The van der Waals surface area contributed by atoms with E-state index < -0.39 is 6.23 Å². The largest absolute Gasteiger partial charge is 0.369 e. The van der Waals surface area contributed by atoms with Crippen LogP contribution >= 0.6 is 0 Å². The lowest BCUT2D eigenvalue weighted by Crippen LogP contribution is -2.09. The van der Waals surface area contributed by atoms with Crippen LogP contribution in [0.3, 0.4) is 0 Å². The average Bonchev–Trinajstić information content (AvgIpc) is 2.48. The van der Waals surface area contributed by atoms with Crippen LogP contribution in [0.4, 0.5) is 5.69 Å². The average molecular weight is 249 g/mol. The zero-order valence-corrected chi connectivity index (χ0v) is 10.5. The van der Waals surface area contributed by atoms with Gasteiger partial charge in [-0.1, -0.05) is 60.7 Å². The molecule has 0 radical (unpaired) electrons. The number of fused-ring (bicyclic) bond motifs is 1. The summed E-state index contributed by atoms with van der Waals surface area (Å²) in [5, 5.41) is 15.6. The molecule has 19 heavy (non-hydrogen) atoms. The van der Waals surface area contributed by atoms with Gasteiger partial charge >= 0.3 is 0 Å². The van der Waals surface area contributed by atoms with Crippen LogP contribution in [-0.2, 0) is 0 Å². The van der Waals surface area contributed by atoms with E-state index in [0.29, 0.717) is 0 Å². The lowest BCUT2D eigenvalue weighted by Gasteiger charge is -2.15. The zero-order chi connectivity index (χ0) is 13.1. The van der Waals surface area contributed by atoms with E-state index in [0.717, 1.165) is 16.6 Å². The molecule has 0 aliphatic carbocycles. The topological polar surface area (TPSA) is 32.3 Å². The van der Waals surface area contributed by atoms with Crippen molar-refractivity contribution < 1.29 is 5.11 Å². The monoisotopic (exact) mass is 249 g/mol. The molecule has 3 rings (SSSR count). The van der Waals surface area contributed by atoms with Gasteiger partial charge in [-0.25, -0.2) is 0 Å². The number of rotatable bonds is 3. The second kappa shape index (κ2) is 5.12. The Balaban J connectivity index is 1.85. The summed E-state index contributed by atoms with van der Waals surface area (Å²) in [7, 11) is 0. The van der Waals surface area contributed by atoms with Crippen LogP contribution in [0.15, 0.2) is 72.8 Å². The second-order valence-electron chi connectivity index (χ2n) is 4.52. The SMILES string of the molecule is OC(Nc1ccc2ccccc2c1)c1ccccc1. The summed E-state index contributed by atoms with van der Waals surface area (Å²) in [6.07, 6.45) is -0.692. The molecule has 0 aromatic heterocycles. The third-order valence-corrected chi connectivity index (χ3v) is 3.17. The van der Waals surface area contributed by atoms with E-state index in [9.17, 15) is 5.11 Å². The zero-order valence-electron chi connectivity index (χ0n) is 10.5. The van der Waals surface area contributed by atoms with Crippen LogP contribution in [0.25, 0.3) is 10.8 Å². The van der Waals surface area contributed by atoms with Gasteiger partial charge in [0.25, 0.3) is 0 Å². The summed E-state index contributed by atoms with van der Waals surface area (Å²) in [5.41, 5.74) is 1.77. The Hall–Kier alpha value is -2.32. The van der Waals surface area contributed by atoms with E-state index in [-0.39, 0.29) is 0 Å². The molecule has 0 bridgehead atoms. The van der Waals surface area contributed by atoms with Gasteiger partial charge in [-0.3, -0.25) is 0 Å². The standard InChI is InChI=1S/C17H15NO/c19-17(14-7-2-1-3-8-14)18-16-11-10-13-6-4-5-9-15(13)12-16/h1-12,17-19H. The van der Waals surface area contributed by atoms with E-state index in [2.05, 4.69) is 23.5 Å². The summed E-state index contributed by atoms with van der Waals surface area (Å²) < 4.78 is 0. The molecule has 0 amide bonds. The fraction of sp³-hybridized carbons (Fsp3) is 0.0588. The van der Waals surface area contributed by atoms with Crippen LogP contribution < -0.4 is 5.32 Å². The third kappa shape index (κ3) is 2.59. The van der Waals surface area contributed by atoms with Gasteiger partial charge in [0.15, 0.2) is 6.23 Å². The predicted molar refractivity (Wildman–Crippen MR) is 79.0 cm³/mol. The summed E-state index contributed by atoms with van der Waals surface area (Å²) in [6.45, 7) is 0. The first-order valence-electron chi connectivity index (χ1n) is 6.31. The fourth-order valence-electron chi connectivity index (χ4n) is 2.16. The molecule has 0 fully saturated rings. The second-order valence-corrected chi connectivity index (χ2v) is 4.52. The highest BCUT2D eigenvalue weighted by Gasteiger charge is 2.06. The molecule has 1 atom stereocenters. The smallest absolute Gasteiger partial charge is 0.150 e. The van der Waals surface area contributed by atoms with Gasteiger partial charge in [-0.05, 0) is 22.9 Å². The minimum Gasteiger partial charge on any atom is -0.369 e. The van der Waals surface area contributed by atoms with Crippen LogP contribution in [0.1, 0.15) is 11.8 Å². The summed E-state index contributed by atoms with van der Waals surface area (Å²) >= 11 is 0. The Morgan fingerprint density at radius 3 is 2.21 bits per heavy atom. The number of nitrogens with one attached hydrogen (secondary N) is 1. The molecule has 0 spiro atoms. The molecular weight excluding hydrogens is 234 g/mol. The number of hydrogen-bond acceptors (Lipinski definition) is 2. The minimum absolute atomic E-state index is 0.692. The molecule has 1 unspecified atom stereocenters. The Bertz CT molecular complexity index is 679. The van der Waals surface area contributed by atoms with Crippen molar-refractivity contribution >= 4 is 16.5 Å². The molecule has 0 aliphatic rings. The van der Waals surface area contributed by atoms with Crippen molar-refractivity contribution in [3.05, 3.63) is 78.4 Å². The van der Waals surface area contributed by atoms with E-state index >= 15 is 0 Å². The first-order valence-corrected chi connectivity index (χ1v) is 6.31. The lowest BCUT2D eigenvalue weighted by atomic mass is 10.1. The fourth-order valence-corrected chi connectivity index (χ4v) is 2.16. The number of benzene rings is 3. The van der Waals surface area contributed by atoms with Crippen LogP contribution in [0.2, 0.25) is 0 Å². The van der Waals surface area contributed by atoms with Gasteiger partial charge in [0, 0.05) is 11.3 Å². The lowest BCUT2D eigenvalue weighted by molar-refractivity contribution is 0.208. The number of hydrogen-bond donors (Lipinski definition) is 2. The molecule has 0 saturated carbocycles. The Kier molecular flexibility index (Phi) is 3.17. The molecule has 94 valence electrons. The Labute approximate surface area is 112 Å². The maximum Gasteiger partial charge on any atom is 0.150 e. The van der Waals surface area contributed by atoms with E-state index in [1.165, 1.54) is 5.39 Å². The Morgan fingerprint density at radius 2 is 1.42 bits per heavy atom. The molecular formula is C17H15NO. The number of aliphatic hydroxyl groups excluding tert-OH is 1. The van der Waals surface area contributed by atoms with Crippen molar-refractivity contribution in [2.75, 3.05) is 5.32 Å². The first-order chi connectivity index (χ1) is 9.33. The predicted octanol–water partition coefficient (Wildman–Crippen LogP) is 3.94. The summed E-state index contributed by atoms with van der Waals surface area (Å²) in [4.78, 5) is 0. The van der Waals surface area contributed by atoms with Gasteiger partial charge in [0.05, 0.1) is 0 Å². The highest BCUT2D eigenvalue weighted by Crippen LogP contribution is 2.22. The molecule has 2 N–H and O–H groups in total. The summed E-state index contributed by atoms with van der Waals surface area (Å²) in [5.74, 6) is 0. The minimum atomic E-state index is -0.692. The molecule has 3 aromatic rings. The van der Waals surface area contributed by atoms with Gasteiger partial charge in [-0.15, -0.1) is 0 Å². The van der Waals surface area contributed by atoms with E-state index in [1.54, 1.807) is 0 Å². The third-order valence-electron chi connectivity index (χ3n) is 3.17. The normalized spacial score (nSPS) is 12.3. The summed E-state index contributed by atoms with van der Waals surface area (Å²) in [6, 6.07) is 23.8. The van der Waals surface area contributed by atoms with Gasteiger partial charge in [0.1, 0.15) is 0 Å². The van der Waals surface area contributed by atoms with Crippen LogP contribution in [0, 0.1) is 0 Å². The van der Waals surface area contributed by atoms with Gasteiger partial charge in [0.2, 0.25) is 0 Å². The molecule has 0 saturated heterocycles. The van der Waals surface area contributed by atoms with E-state index in [4.69, 9.17) is 0 Å². The van der Waals surface area contributed by atoms with Crippen molar-refractivity contribution in [2.24, 2.45) is 0 Å². The molecule has 2 heteroatoms. The van der Waals surface area contributed by atoms with Crippen molar-refractivity contribution in [3.63, 3.8) is 0 Å². The van der Waals surface area contributed by atoms with E-state index in [1.807, 2.05) is 54.6 Å². The molecule has 2 nitrogen and oxygen atoms in total. The first kappa shape index (κ1) is 11.8. The Morgan fingerprint density at radius 1 is 0.737 bits per heavy atom. The van der Waals surface area contributed by atoms with Crippen LogP contribution in [-0.4, -0.2) is 5.11 Å². The van der Waals surface area contributed by atoms with Crippen LogP contribution in [0.5, 0.6) is 0 Å². The van der Waals surface area contributed by atoms with Crippen molar-refractivity contribution in [2.45, 2.75) is 6.23 Å². The van der Waals surface area contributed by atoms with Crippen molar-refractivity contribution in [1.29, 1.82) is 0 Å². The maximum absolute atomic E-state index is 10.1. The van der Waals surface area contributed by atoms with Gasteiger partial charge in [-0.2, -0.15) is 0 Å². The van der Waals surface area contributed by atoms with Gasteiger partial charge < -0.3 is 10.4 Å². The maximum atomic E-state index is 10.1. The van der Waals surface area contributed by atoms with Crippen molar-refractivity contribution in [3.8, 4) is 0 Å². The highest BCUT2D eigenvalue weighted by atomic mass is 16.3. The molecule has 0 heterocycles.